The van der Waals surface area contributed by atoms with Crippen LogP contribution in [0.1, 0.15) is 15.9 Å². The second-order valence-corrected chi connectivity index (χ2v) is 5.35. The predicted molar refractivity (Wildman–Crippen MR) is 85.8 cm³/mol. The fourth-order valence-electron chi connectivity index (χ4n) is 2.30. The van der Waals surface area contributed by atoms with Crippen LogP contribution >= 0.6 is 11.6 Å². The molecule has 2 aromatic carbocycles. The minimum Gasteiger partial charge on any atom is -0.361 e. The first kappa shape index (κ1) is 13.7. The average molecular weight is 299 g/mol. The number of hydrogen-bond acceptors (Lipinski definition) is 1. The van der Waals surface area contributed by atoms with Crippen LogP contribution in [-0.2, 0) is 6.42 Å². The quantitative estimate of drug-likeness (QED) is 0.756. The van der Waals surface area contributed by atoms with Crippen molar-refractivity contribution in [1.82, 2.24) is 10.3 Å². The molecule has 4 heteroatoms. The molecule has 1 amide bonds. The highest BCUT2D eigenvalue weighted by Crippen LogP contribution is 2.14. The number of aromatic amines is 1. The molecule has 0 fully saturated rings. The van der Waals surface area contributed by atoms with Crippen molar-refractivity contribution in [2.24, 2.45) is 0 Å². The van der Waals surface area contributed by atoms with E-state index >= 15 is 0 Å². The van der Waals surface area contributed by atoms with Gasteiger partial charge in [0.05, 0.1) is 0 Å². The Morgan fingerprint density at radius 3 is 2.90 bits per heavy atom. The topological polar surface area (TPSA) is 44.9 Å². The van der Waals surface area contributed by atoms with E-state index in [0.29, 0.717) is 17.1 Å². The minimum absolute atomic E-state index is 0.0987. The van der Waals surface area contributed by atoms with E-state index in [1.54, 1.807) is 24.3 Å². The van der Waals surface area contributed by atoms with E-state index in [9.17, 15) is 4.79 Å². The van der Waals surface area contributed by atoms with E-state index < -0.39 is 0 Å². The molecule has 0 spiro atoms. The number of rotatable bonds is 4. The van der Waals surface area contributed by atoms with Gasteiger partial charge >= 0.3 is 0 Å². The van der Waals surface area contributed by atoms with Crippen molar-refractivity contribution < 1.29 is 4.79 Å². The predicted octanol–water partition coefficient (Wildman–Crippen LogP) is 3.79. The molecule has 3 rings (SSSR count). The molecular formula is C17H15ClN2O. The normalized spacial score (nSPS) is 10.7. The highest BCUT2D eigenvalue weighted by atomic mass is 35.5. The molecule has 0 bridgehead atoms. The molecule has 0 atom stereocenters. The Kier molecular flexibility index (Phi) is 3.93. The zero-order valence-electron chi connectivity index (χ0n) is 11.4. The molecule has 0 saturated carbocycles. The zero-order chi connectivity index (χ0) is 14.7. The second kappa shape index (κ2) is 6.02. The number of carbonyl (C=O) groups excluding carboxylic acids is 1. The summed E-state index contributed by atoms with van der Waals surface area (Å²) in [5.74, 6) is -0.0987. The molecule has 3 nitrogen and oxygen atoms in total. The lowest BCUT2D eigenvalue weighted by atomic mass is 10.1. The summed E-state index contributed by atoms with van der Waals surface area (Å²) < 4.78 is 0. The number of aromatic nitrogens is 1. The van der Waals surface area contributed by atoms with Gasteiger partial charge in [-0.05, 0) is 47.7 Å². The number of H-pyrrole nitrogens is 1. The van der Waals surface area contributed by atoms with E-state index in [4.69, 9.17) is 11.6 Å². The number of hydrogen-bond donors (Lipinski definition) is 2. The molecule has 0 aliphatic rings. The van der Waals surface area contributed by atoms with Crippen LogP contribution in [0.5, 0.6) is 0 Å². The van der Waals surface area contributed by atoms with Gasteiger partial charge in [0.25, 0.3) is 5.91 Å². The first-order chi connectivity index (χ1) is 10.2. The van der Waals surface area contributed by atoms with Crippen LogP contribution in [0, 0.1) is 0 Å². The Balaban J connectivity index is 1.59. The van der Waals surface area contributed by atoms with Crippen molar-refractivity contribution in [2.45, 2.75) is 6.42 Å². The molecule has 0 radical (unpaired) electrons. The molecule has 0 saturated heterocycles. The summed E-state index contributed by atoms with van der Waals surface area (Å²) in [6, 6.07) is 15.3. The number of fused-ring (bicyclic) bond motifs is 1. The van der Waals surface area contributed by atoms with Crippen molar-refractivity contribution in [1.29, 1.82) is 0 Å². The van der Waals surface area contributed by atoms with Crippen molar-refractivity contribution in [3.8, 4) is 0 Å². The minimum atomic E-state index is -0.0987. The third kappa shape index (κ3) is 3.26. The van der Waals surface area contributed by atoms with Gasteiger partial charge in [-0.1, -0.05) is 29.8 Å². The fourth-order valence-corrected chi connectivity index (χ4v) is 2.49. The summed E-state index contributed by atoms with van der Waals surface area (Å²) in [4.78, 5) is 15.2. The summed E-state index contributed by atoms with van der Waals surface area (Å²) in [6.45, 7) is 0.595. The van der Waals surface area contributed by atoms with E-state index in [0.717, 1.165) is 11.9 Å². The highest BCUT2D eigenvalue weighted by molar-refractivity contribution is 6.30. The first-order valence-corrected chi connectivity index (χ1v) is 7.20. The van der Waals surface area contributed by atoms with E-state index in [-0.39, 0.29) is 5.91 Å². The van der Waals surface area contributed by atoms with Gasteiger partial charge in [0.1, 0.15) is 0 Å². The van der Waals surface area contributed by atoms with Crippen molar-refractivity contribution in [3.05, 3.63) is 70.9 Å². The molecule has 0 aliphatic heterocycles. The summed E-state index contributed by atoms with van der Waals surface area (Å²) in [5.41, 5.74) is 2.90. The smallest absolute Gasteiger partial charge is 0.251 e. The van der Waals surface area contributed by atoms with Crippen molar-refractivity contribution in [3.63, 3.8) is 0 Å². The Bertz CT molecular complexity index is 779. The lowest BCUT2D eigenvalue weighted by Crippen LogP contribution is -2.25. The number of benzene rings is 2. The maximum Gasteiger partial charge on any atom is 0.251 e. The number of halogens is 1. The highest BCUT2D eigenvalue weighted by Gasteiger charge is 2.05. The molecule has 3 aromatic rings. The molecule has 2 N–H and O–H groups in total. The third-order valence-electron chi connectivity index (χ3n) is 3.41. The fraction of sp³-hybridized carbons (Fsp3) is 0.118. The van der Waals surface area contributed by atoms with E-state index in [1.165, 1.54) is 10.9 Å². The van der Waals surface area contributed by atoms with Crippen molar-refractivity contribution >= 4 is 28.4 Å². The summed E-state index contributed by atoms with van der Waals surface area (Å²) in [7, 11) is 0. The molecule has 0 aliphatic carbocycles. The number of nitrogens with one attached hydrogen (secondary N) is 2. The SMILES string of the molecule is O=C(NCCc1ccc2cc[nH]c2c1)c1cccc(Cl)c1. The standard InChI is InChI=1S/C17H15ClN2O/c18-15-3-1-2-14(11-15)17(21)20-8-6-12-4-5-13-7-9-19-16(13)10-12/h1-5,7,9-11,19H,6,8H2,(H,20,21). The molecule has 0 unspecified atom stereocenters. The number of amides is 1. The van der Waals surface area contributed by atoms with Gasteiger partial charge in [-0.15, -0.1) is 0 Å². The van der Waals surface area contributed by atoms with Gasteiger partial charge in [0, 0.05) is 28.8 Å². The number of carbonyl (C=O) groups is 1. The summed E-state index contributed by atoms with van der Waals surface area (Å²) in [5, 5.41) is 4.67. The maximum atomic E-state index is 12.0. The van der Waals surface area contributed by atoms with Gasteiger partial charge in [0.2, 0.25) is 0 Å². The Morgan fingerprint density at radius 1 is 1.14 bits per heavy atom. The van der Waals surface area contributed by atoms with E-state index in [1.807, 2.05) is 12.3 Å². The van der Waals surface area contributed by atoms with Gasteiger partial charge in [-0.3, -0.25) is 4.79 Å². The molecule has 21 heavy (non-hydrogen) atoms. The van der Waals surface area contributed by atoms with Crippen LogP contribution in [0.15, 0.2) is 54.7 Å². The van der Waals surface area contributed by atoms with Crippen LogP contribution in [0.25, 0.3) is 10.9 Å². The summed E-state index contributed by atoms with van der Waals surface area (Å²) in [6.07, 6.45) is 2.72. The Morgan fingerprint density at radius 2 is 2.05 bits per heavy atom. The Hall–Kier alpha value is -2.26. The van der Waals surface area contributed by atoms with Crippen LogP contribution in [0.3, 0.4) is 0 Å². The lowest BCUT2D eigenvalue weighted by Gasteiger charge is -2.06. The van der Waals surface area contributed by atoms with Crippen LogP contribution in [-0.4, -0.2) is 17.4 Å². The van der Waals surface area contributed by atoms with Crippen LogP contribution < -0.4 is 5.32 Å². The zero-order valence-corrected chi connectivity index (χ0v) is 12.2. The van der Waals surface area contributed by atoms with Gasteiger partial charge in [-0.2, -0.15) is 0 Å². The van der Waals surface area contributed by atoms with Crippen LogP contribution in [0.2, 0.25) is 5.02 Å². The van der Waals surface area contributed by atoms with E-state index in [2.05, 4.69) is 28.5 Å². The molecular weight excluding hydrogens is 284 g/mol. The third-order valence-corrected chi connectivity index (χ3v) is 3.64. The second-order valence-electron chi connectivity index (χ2n) is 4.92. The Labute approximate surface area is 127 Å². The molecule has 1 aromatic heterocycles. The maximum absolute atomic E-state index is 12.0. The first-order valence-electron chi connectivity index (χ1n) is 6.82. The van der Waals surface area contributed by atoms with Gasteiger partial charge in [0.15, 0.2) is 0 Å². The summed E-state index contributed by atoms with van der Waals surface area (Å²) >= 11 is 5.88. The molecule has 106 valence electrons. The van der Waals surface area contributed by atoms with Crippen LogP contribution in [0.4, 0.5) is 0 Å². The van der Waals surface area contributed by atoms with Gasteiger partial charge < -0.3 is 10.3 Å². The molecule has 1 heterocycles. The van der Waals surface area contributed by atoms with Gasteiger partial charge in [-0.25, -0.2) is 0 Å². The lowest BCUT2D eigenvalue weighted by molar-refractivity contribution is 0.0954. The largest absolute Gasteiger partial charge is 0.361 e. The van der Waals surface area contributed by atoms with Crippen molar-refractivity contribution in [2.75, 3.05) is 6.54 Å². The monoisotopic (exact) mass is 298 g/mol. The average Bonchev–Trinajstić information content (AvgIpc) is 2.94.